The summed E-state index contributed by atoms with van der Waals surface area (Å²) in [5.74, 6) is -0.227. The van der Waals surface area contributed by atoms with E-state index < -0.39 is 6.04 Å². The lowest BCUT2D eigenvalue weighted by atomic mass is 10.0. The zero-order valence-electron chi connectivity index (χ0n) is 14.7. The second-order valence-electron chi connectivity index (χ2n) is 6.33. The topological polar surface area (TPSA) is 81.7 Å². The molecule has 1 aliphatic rings. The van der Waals surface area contributed by atoms with Gasteiger partial charge in [-0.25, -0.2) is 4.79 Å². The number of aliphatic hydroxyl groups is 1. The van der Waals surface area contributed by atoms with Crippen LogP contribution in [0, 0.1) is 6.92 Å². The van der Waals surface area contributed by atoms with Crippen molar-refractivity contribution in [3.63, 3.8) is 0 Å². The Morgan fingerprint density at radius 2 is 1.96 bits per heavy atom. The van der Waals surface area contributed by atoms with Crippen LogP contribution in [0.2, 0.25) is 0 Å². The van der Waals surface area contributed by atoms with Crippen molar-refractivity contribution in [2.75, 3.05) is 25.0 Å². The molecule has 3 amide bonds. The van der Waals surface area contributed by atoms with Crippen molar-refractivity contribution in [1.82, 2.24) is 10.2 Å². The number of benzene rings is 2. The maximum atomic E-state index is 12.6. The number of carbonyl (C=O) groups is 2. The van der Waals surface area contributed by atoms with Gasteiger partial charge in [-0.3, -0.25) is 4.79 Å². The molecule has 6 nitrogen and oxygen atoms in total. The van der Waals surface area contributed by atoms with E-state index in [1.807, 2.05) is 36.4 Å². The van der Waals surface area contributed by atoms with E-state index in [0.29, 0.717) is 18.8 Å². The van der Waals surface area contributed by atoms with Gasteiger partial charge in [-0.2, -0.15) is 0 Å². The summed E-state index contributed by atoms with van der Waals surface area (Å²) in [6, 6.07) is 14.8. The number of piperazine rings is 1. The van der Waals surface area contributed by atoms with Crippen LogP contribution in [-0.2, 0) is 4.79 Å². The lowest BCUT2D eigenvalue weighted by Crippen LogP contribution is -2.58. The van der Waals surface area contributed by atoms with E-state index in [4.69, 9.17) is 5.11 Å². The monoisotopic (exact) mass is 353 g/mol. The molecule has 6 heteroatoms. The van der Waals surface area contributed by atoms with Crippen LogP contribution in [0.5, 0.6) is 0 Å². The summed E-state index contributed by atoms with van der Waals surface area (Å²) in [4.78, 5) is 26.0. The Hall–Kier alpha value is -2.86. The number of amides is 3. The van der Waals surface area contributed by atoms with E-state index in [1.165, 1.54) is 10.5 Å². The largest absolute Gasteiger partial charge is 0.396 e. The van der Waals surface area contributed by atoms with E-state index in [0.717, 1.165) is 11.1 Å². The molecule has 0 spiro atoms. The van der Waals surface area contributed by atoms with Gasteiger partial charge in [0.2, 0.25) is 5.91 Å². The van der Waals surface area contributed by atoms with Crippen LogP contribution in [0.1, 0.15) is 12.0 Å². The quantitative estimate of drug-likeness (QED) is 0.789. The lowest BCUT2D eigenvalue weighted by molar-refractivity contribution is -0.128. The third-order valence-corrected chi connectivity index (χ3v) is 4.59. The van der Waals surface area contributed by atoms with Gasteiger partial charge < -0.3 is 20.6 Å². The summed E-state index contributed by atoms with van der Waals surface area (Å²) in [6.07, 6.45) is 0.228. The highest BCUT2D eigenvalue weighted by Crippen LogP contribution is 2.24. The first-order valence-electron chi connectivity index (χ1n) is 8.72. The fourth-order valence-corrected chi connectivity index (χ4v) is 3.19. The predicted molar refractivity (Wildman–Crippen MR) is 101 cm³/mol. The molecular weight excluding hydrogens is 330 g/mol. The molecule has 0 radical (unpaired) electrons. The predicted octanol–water partition coefficient (Wildman–Crippen LogP) is 2.38. The Morgan fingerprint density at radius 3 is 2.65 bits per heavy atom. The van der Waals surface area contributed by atoms with Gasteiger partial charge >= 0.3 is 6.03 Å². The number of aryl methyl sites for hydroxylation is 1. The van der Waals surface area contributed by atoms with Crippen LogP contribution in [0.15, 0.2) is 48.5 Å². The van der Waals surface area contributed by atoms with Gasteiger partial charge in [-0.05, 0) is 42.2 Å². The van der Waals surface area contributed by atoms with E-state index in [1.54, 1.807) is 0 Å². The molecule has 3 rings (SSSR count). The third kappa shape index (κ3) is 3.86. The molecule has 0 saturated carbocycles. The standard InChI is InChI=1S/C20H23N3O3/c1-14-4-2-3-5-17(14)15-6-8-16(9-7-15)22-20(26)23-12-11-21-19(25)18(23)10-13-24/h2-9,18,24H,10-13H2,1H3,(H,21,25)(H,22,26). The van der Waals surface area contributed by atoms with Crippen LogP contribution in [0.3, 0.4) is 0 Å². The normalized spacial score (nSPS) is 16.9. The fourth-order valence-electron chi connectivity index (χ4n) is 3.19. The molecule has 2 aromatic rings. The van der Waals surface area contributed by atoms with Crippen LogP contribution < -0.4 is 10.6 Å². The van der Waals surface area contributed by atoms with Gasteiger partial charge in [0.15, 0.2) is 0 Å². The number of aliphatic hydroxyl groups excluding tert-OH is 1. The zero-order valence-corrected chi connectivity index (χ0v) is 14.7. The minimum atomic E-state index is -0.639. The zero-order chi connectivity index (χ0) is 18.5. The summed E-state index contributed by atoms with van der Waals surface area (Å²) in [6.45, 7) is 2.75. The second-order valence-corrected chi connectivity index (χ2v) is 6.33. The molecule has 0 aliphatic carbocycles. The summed E-state index contributed by atoms with van der Waals surface area (Å²) in [7, 11) is 0. The molecular formula is C20H23N3O3. The van der Waals surface area contributed by atoms with Crippen molar-refractivity contribution in [3.05, 3.63) is 54.1 Å². The van der Waals surface area contributed by atoms with Crippen LogP contribution in [0.4, 0.5) is 10.5 Å². The van der Waals surface area contributed by atoms with Crippen LogP contribution in [0.25, 0.3) is 11.1 Å². The van der Waals surface area contributed by atoms with Crippen molar-refractivity contribution >= 4 is 17.6 Å². The highest BCUT2D eigenvalue weighted by Gasteiger charge is 2.32. The van der Waals surface area contributed by atoms with E-state index in [2.05, 4.69) is 29.7 Å². The first-order valence-corrected chi connectivity index (χ1v) is 8.72. The minimum absolute atomic E-state index is 0.146. The SMILES string of the molecule is Cc1ccccc1-c1ccc(NC(=O)N2CCNC(=O)C2CCO)cc1. The molecule has 1 aliphatic heterocycles. The van der Waals surface area contributed by atoms with Crippen molar-refractivity contribution in [1.29, 1.82) is 0 Å². The van der Waals surface area contributed by atoms with Gasteiger partial charge in [-0.1, -0.05) is 36.4 Å². The molecule has 0 aromatic heterocycles. The van der Waals surface area contributed by atoms with Crippen LogP contribution >= 0.6 is 0 Å². The van der Waals surface area contributed by atoms with Crippen molar-refractivity contribution in [3.8, 4) is 11.1 Å². The van der Waals surface area contributed by atoms with Crippen molar-refractivity contribution in [2.24, 2.45) is 0 Å². The molecule has 2 aromatic carbocycles. The summed E-state index contributed by atoms with van der Waals surface area (Å²) >= 11 is 0. The minimum Gasteiger partial charge on any atom is -0.396 e. The van der Waals surface area contributed by atoms with E-state index in [9.17, 15) is 9.59 Å². The number of nitrogens with one attached hydrogen (secondary N) is 2. The highest BCUT2D eigenvalue weighted by atomic mass is 16.3. The Kier molecular flexibility index (Phi) is 5.53. The van der Waals surface area contributed by atoms with Gasteiger partial charge in [0.25, 0.3) is 0 Å². The molecule has 26 heavy (non-hydrogen) atoms. The smallest absolute Gasteiger partial charge is 0.322 e. The van der Waals surface area contributed by atoms with Gasteiger partial charge in [0, 0.05) is 25.4 Å². The van der Waals surface area contributed by atoms with Gasteiger partial charge in [0.1, 0.15) is 6.04 Å². The number of rotatable bonds is 4. The van der Waals surface area contributed by atoms with Crippen molar-refractivity contribution < 1.29 is 14.7 Å². The molecule has 0 bridgehead atoms. The molecule has 1 saturated heterocycles. The lowest BCUT2D eigenvalue weighted by Gasteiger charge is -2.34. The Bertz CT molecular complexity index is 789. The van der Waals surface area contributed by atoms with Crippen molar-refractivity contribution in [2.45, 2.75) is 19.4 Å². The molecule has 3 N–H and O–H groups in total. The number of anilines is 1. The molecule has 1 fully saturated rings. The average Bonchev–Trinajstić information content (AvgIpc) is 2.65. The molecule has 1 atom stereocenters. The first kappa shape index (κ1) is 17.9. The molecule has 1 heterocycles. The number of hydrogen-bond acceptors (Lipinski definition) is 3. The summed E-state index contributed by atoms with van der Waals surface area (Å²) < 4.78 is 0. The Labute approximate surface area is 152 Å². The molecule has 1 unspecified atom stereocenters. The third-order valence-electron chi connectivity index (χ3n) is 4.59. The number of carbonyl (C=O) groups excluding carboxylic acids is 2. The van der Waals surface area contributed by atoms with E-state index >= 15 is 0 Å². The Balaban J connectivity index is 1.71. The maximum Gasteiger partial charge on any atom is 0.322 e. The fraction of sp³-hybridized carbons (Fsp3) is 0.300. The number of hydrogen-bond donors (Lipinski definition) is 3. The summed E-state index contributed by atoms with van der Waals surface area (Å²) in [5, 5.41) is 14.7. The Morgan fingerprint density at radius 1 is 1.23 bits per heavy atom. The number of nitrogens with zero attached hydrogens (tertiary/aromatic N) is 1. The summed E-state index contributed by atoms with van der Waals surface area (Å²) in [5.41, 5.74) is 4.09. The maximum absolute atomic E-state index is 12.6. The number of urea groups is 1. The van der Waals surface area contributed by atoms with Gasteiger partial charge in [-0.15, -0.1) is 0 Å². The second kappa shape index (κ2) is 8.01. The average molecular weight is 353 g/mol. The van der Waals surface area contributed by atoms with E-state index in [-0.39, 0.29) is 25.0 Å². The van der Waals surface area contributed by atoms with Crippen LogP contribution in [-0.4, -0.2) is 47.7 Å². The van der Waals surface area contributed by atoms with Gasteiger partial charge in [0.05, 0.1) is 0 Å². The highest BCUT2D eigenvalue weighted by molar-refractivity contribution is 5.94. The molecule has 136 valence electrons. The first-order chi connectivity index (χ1) is 12.6.